The fraction of sp³-hybridized carbons (Fsp3) is 0.385. The van der Waals surface area contributed by atoms with Gasteiger partial charge in [0.05, 0.1) is 28.8 Å². The van der Waals surface area contributed by atoms with Crippen LogP contribution >= 0.6 is 0 Å². The molecule has 1 aliphatic rings. The Balaban J connectivity index is 2.17. The molecule has 0 amide bonds. The summed E-state index contributed by atoms with van der Waals surface area (Å²) in [5.74, 6) is -0.0298. The summed E-state index contributed by atoms with van der Waals surface area (Å²) < 4.78 is 49.6. The van der Waals surface area contributed by atoms with Crippen LogP contribution in [0.15, 0.2) is 45.7 Å². The molecule has 7 heteroatoms. The Morgan fingerprint density at radius 1 is 1.20 bits per heavy atom. The van der Waals surface area contributed by atoms with Crippen molar-refractivity contribution in [1.82, 2.24) is 0 Å². The molecule has 110 valence electrons. The smallest absolute Gasteiger partial charge is 0.186 e. The predicted molar refractivity (Wildman–Crippen MR) is 75.7 cm³/mol. The molecular formula is C13H16O5S2. The van der Waals surface area contributed by atoms with Gasteiger partial charge in [0, 0.05) is 0 Å². The van der Waals surface area contributed by atoms with Crippen LogP contribution in [0.4, 0.5) is 0 Å². The zero-order valence-electron chi connectivity index (χ0n) is 10.8. The Bertz CT molecular complexity index is 617. The second-order valence-corrected chi connectivity index (χ2v) is 7.45. The first-order valence-electron chi connectivity index (χ1n) is 6.18. The molecule has 20 heavy (non-hydrogen) atoms. The molecule has 0 spiro atoms. The van der Waals surface area contributed by atoms with E-state index in [1.807, 2.05) is 6.08 Å². The van der Waals surface area contributed by atoms with Gasteiger partial charge >= 0.3 is 0 Å². The summed E-state index contributed by atoms with van der Waals surface area (Å²) in [5, 5.41) is 0. The first-order chi connectivity index (χ1) is 9.49. The average molecular weight is 316 g/mol. The van der Waals surface area contributed by atoms with E-state index in [0.29, 0.717) is 19.6 Å². The van der Waals surface area contributed by atoms with Gasteiger partial charge in [0.25, 0.3) is 0 Å². The number of sulfone groups is 1. The quantitative estimate of drug-likeness (QED) is 0.676. The van der Waals surface area contributed by atoms with Gasteiger partial charge in [-0.05, 0) is 37.1 Å². The van der Waals surface area contributed by atoms with E-state index >= 15 is 0 Å². The minimum absolute atomic E-state index is 0.0298. The van der Waals surface area contributed by atoms with Gasteiger partial charge in [-0.25, -0.2) is 12.6 Å². The molecule has 5 nitrogen and oxygen atoms in total. The van der Waals surface area contributed by atoms with Gasteiger partial charge in [0.1, 0.15) is 0 Å². The van der Waals surface area contributed by atoms with Gasteiger partial charge in [-0.2, -0.15) is 0 Å². The van der Waals surface area contributed by atoms with E-state index in [2.05, 4.69) is 0 Å². The summed E-state index contributed by atoms with van der Waals surface area (Å²) in [6, 6.07) is 5.44. The van der Waals surface area contributed by atoms with Gasteiger partial charge in [-0.3, -0.25) is 0 Å². The Kier molecular flexibility index (Phi) is 5.09. The fourth-order valence-corrected chi connectivity index (χ4v) is 3.81. The van der Waals surface area contributed by atoms with Crippen LogP contribution in [0.3, 0.4) is 0 Å². The Morgan fingerprint density at radius 2 is 1.90 bits per heavy atom. The lowest BCUT2D eigenvalue weighted by molar-refractivity contribution is 0.147. The highest BCUT2D eigenvalue weighted by molar-refractivity contribution is 7.91. The molecule has 1 aromatic rings. The molecule has 1 heterocycles. The van der Waals surface area contributed by atoms with E-state index in [1.54, 1.807) is 0 Å². The van der Waals surface area contributed by atoms with Crippen LogP contribution in [0.1, 0.15) is 12.8 Å². The van der Waals surface area contributed by atoms with Crippen molar-refractivity contribution in [3.05, 3.63) is 35.9 Å². The summed E-state index contributed by atoms with van der Waals surface area (Å²) in [6.07, 6.45) is 3.27. The lowest BCUT2D eigenvalue weighted by Crippen LogP contribution is -2.10. The molecule has 1 N–H and O–H groups in total. The molecule has 0 saturated heterocycles. The summed E-state index contributed by atoms with van der Waals surface area (Å²) in [4.78, 5) is 0.351. The van der Waals surface area contributed by atoms with Gasteiger partial charge in [0.2, 0.25) is 0 Å². The van der Waals surface area contributed by atoms with Crippen LogP contribution in [0, 0.1) is 0 Å². The van der Waals surface area contributed by atoms with Crippen LogP contribution in [0.5, 0.6) is 0 Å². The average Bonchev–Trinajstić information content (AvgIpc) is 2.67. The van der Waals surface area contributed by atoms with Crippen molar-refractivity contribution in [2.45, 2.75) is 22.6 Å². The highest BCUT2D eigenvalue weighted by Gasteiger charge is 2.18. The molecule has 1 aliphatic heterocycles. The van der Waals surface area contributed by atoms with Crippen LogP contribution in [-0.2, 0) is 25.7 Å². The topological polar surface area (TPSA) is 80.7 Å². The SMILES string of the molecule is O=S(O)c1ccc(S(=O)(=O)CC2=CCCOCC2)cc1. The van der Waals surface area contributed by atoms with Gasteiger partial charge < -0.3 is 9.29 Å². The number of rotatable bonds is 4. The molecule has 1 aromatic carbocycles. The Morgan fingerprint density at radius 3 is 2.55 bits per heavy atom. The van der Waals surface area contributed by atoms with Crippen molar-refractivity contribution in [1.29, 1.82) is 0 Å². The van der Waals surface area contributed by atoms with Crippen LogP contribution < -0.4 is 0 Å². The number of hydrogen-bond donors (Lipinski definition) is 1. The largest absolute Gasteiger partial charge is 0.381 e. The Hall–Kier alpha value is -1.02. The van der Waals surface area contributed by atoms with Crippen LogP contribution in [0.2, 0.25) is 0 Å². The summed E-state index contributed by atoms with van der Waals surface area (Å²) in [7, 11) is -3.42. The normalized spacial score (nSPS) is 18.1. The third kappa shape index (κ3) is 3.99. The zero-order valence-corrected chi connectivity index (χ0v) is 12.5. The third-order valence-electron chi connectivity index (χ3n) is 3.02. The monoisotopic (exact) mass is 316 g/mol. The minimum Gasteiger partial charge on any atom is -0.381 e. The lowest BCUT2D eigenvalue weighted by Gasteiger charge is -2.07. The van der Waals surface area contributed by atoms with E-state index in [-0.39, 0.29) is 15.5 Å². The lowest BCUT2D eigenvalue weighted by atomic mass is 10.2. The van der Waals surface area contributed by atoms with E-state index in [1.165, 1.54) is 24.3 Å². The highest BCUT2D eigenvalue weighted by Crippen LogP contribution is 2.19. The van der Waals surface area contributed by atoms with Crippen molar-refractivity contribution in [2.75, 3.05) is 19.0 Å². The van der Waals surface area contributed by atoms with E-state index < -0.39 is 20.9 Å². The Labute approximate surface area is 120 Å². The van der Waals surface area contributed by atoms with Crippen molar-refractivity contribution in [3.8, 4) is 0 Å². The number of ether oxygens (including phenoxy) is 1. The molecule has 0 saturated carbocycles. The van der Waals surface area contributed by atoms with Gasteiger partial charge in [0.15, 0.2) is 20.9 Å². The maximum Gasteiger partial charge on any atom is 0.186 e. The third-order valence-corrected chi connectivity index (χ3v) is 5.44. The molecular weight excluding hydrogens is 300 g/mol. The zero-order chi connectivity index (χ0) is 14.6. The van der Waals surface area contributed by atoms with E-state index in [4.69, 9.17) is 9.29 Å². The number of benzene rings is 1. The van der Waals surface area contributed by atoms with Crippen molar-refractivity contribution < 1.29 is 21.9 Å². The highest BCUT2D eigenvalue weighted by atomic mass is 32.2. The molecule has 1 unspecified atom stereocenters. The second-order valence-electron chi connectivity index (χ2n) is 4.49. The predicted octanol–water partition coefficient (Wildman–Crippen LogP) is 1.78. The van der Waals surface area contributed by atoms with Crippen molar-refractivity contribution in [3.63, 3.8) is 0 Å². The van der Waals surface area contributed by atoms with E-state index in [0.717, 1.165) is 12.0 Å². The van der Waals surface area contributed by atoms with Crippen molar-refractivity contribution in [2.24, 2.45) is 0 Å². The molecule has 0 aliphatic carbocycles. The summed E-state index contributed by atoms with van der Waals surface area (Å²) in [6.45, 7) is 1.17. The maximum atomic E-state index is 12.3. The standard InChI is InChI=1S/C13H16O5S2/c14-19(15)12-3-5-13(6-4-12)20(16,17)10-11-2-1-8-18-9-7-11/h2-6H,1,7-10H2,(H,14,15). The van der Waals surface area contributed by atoms with Gasteiger partial charge in [-0.15, -0.1) is 0 Å². The van der Waals surface area contributed by atoms with Crippen LogP contribution in [0.25, 0.3) is 0 Å². The van der Waals surface area contributed by atoms with Crippen LogP contribution in [-0.4, -0.2) is 36.1 Å². The first-order valence-corrected chi connectivity index (χ1v) is 8.94. The molecule has 0 aromatic heterocycles. The van der Waals surface area contributed by atoms with E-state index in [9.17, 15) is 12.6 Å². The molecule has 0 radical (unpaired) electrons. The molecule has 2 rings (SSSR count). The fourth-order valence-electron chi connectivity index (χ4n) is 1.98. The summed E-state index contributed by atoms with van der Waals surface area (Å²) >= 11 is -2.10. The van der Waals surface area contributed by atoms with Gasteiger partial charge in [-0.1, -0.05) is 11.6 Å². The second kappa shape index (κ2) is 6.62. The minimum atomic E-state index is -3.42. The first kappa shape index (κ1) is 15.4. The maximum absolute atomic E-state index is 12.3. The van der Waals surface area contributed by atoms with Crippen molar-refractivity contribution >= 4 is 20.9 Å². The molecule has 0 fully saturated rings. The number of hydrogen-bond acceptors (Lipinski definition) is 4. The summed E-state index contributed by atoms with van der Waals surface area (Å²) in [5.41, 5.74) is 0.859. The molecule has 1 atom stereocenters. The molecule has 0 bridgehead atoms.